The third-order valence-electron chi connectivity index (χ3n) is 6.07. The molecule has 0 N–H and O–H groups in total. The molecule has 0 heterocycles. The SMILES string of the molecule is CCCCCCCCCCCCCCCCCC1=C2CCC(=C1)C2. The highest BCUT2D eigenvalue weighted by Crippen LogP contribution is 2.40. The summed E-state index contributed by atoms with van der Waals surface area (Å²) in [6.45, 7) is 2.30. The van der Waals surface area contributed by atoms with Gasteiger partial charge in [-0.25, -0.2) is 0 Å². The zero-order valence-corrected chi connectivity index (χ0v) is 16.5. The van der Waals surface area contributed by atoms with Crippen LogP contribution in [0.25, 0.3) is 0 Å². The normalized spacial score (nSPS) is 16.3. The molecule has 2 rings (SSSR count). The third kappa shape index (κ3) is 8.04. The predicted octanol–water partition coefficient (Wildman–Crippen LogP) is 8.67. The first-order valence-electron chi connectivity index (χ1n) is 11.3. The number of unbranched alkanes of at least 4 members (excludes halogenated alkanes) is 14. The molecule has 0 heteroatoms. The quantitative estimate of drug-likeness (QED) is 0.248. The monoisotopic (exact) mass is 330 g/mol. The van der Waals surface area contributed by atoms with Crippen LogP contribution in [0.15, 0.2) is 22.8 Å². The minimum atomic E-state index is 1.34. The van der Waals surface area contributed by atoms with E-state index >= 15 is 0 Å². The summed E-state index contributed by atoms with van der Waals surface area (Å²) in [6, 6.07) is 0. The fraction of sp³-hybridized carbons (Fsp3) is 0.833. The summed E-state index contributed by atoms with van der Waals surface area (Å²) in [5, 5.41) is 0. The molecule has 0 unspecified atom stereocenters. The second-order valence-corrected chi connectivity index (χ2v) is 8.31. The molecule has 0 aromatic carbocycles. The molecular weight excluding hydrogens is 288 g/mol. The van der Waals surface area contributed by atoms with Crippen molar-refractivity contribution in [2.45, 2.75) is 129 Å². The first kappa shape index (κ1) is 19.8. The predicted molar refractivity (Wildman–Crippen MR) is 109 cm³/mol. The molecule has 0 atom stereocenters. The van der Waals surface area contributed by atoms with Crippen molar-refractivity contribution in [2.24, 2.45) is 0 Å². The first-order chi connectivity index (χ1) is 11.9. The Hall–Kier alpha value is -0.520. The van der Waals surface area contributed by atoms with Crippen molar-refractivity contribution in [2.75, 3.05) is 0 Å². The topological polar surface area (TPSA) is 0 Å². The van der Waals surface area contributed by atoms with E-state index in [2.05, 4.69) is 13.0 Å². The summed E-state index contributed by atoms with van der Waals surface area (Å²) < 4.78 is 0. The number of hydrogen-bond donors (Lipinski definition) is 0. The number of allylic oxidation sites excluding steroid dienone is 4. The zero-order valence-electron chi connectivity index (χ0n) is 16.5. The molecule has 0 spiro atoms. The summed E-state index contributed by atoms with van der Waals surface area (Å²) in [5.41, 5.74) is 5.24. The van der Waals surface area contributed by atoms with Crippen LogP contribution in [-0.4, -0.2) is 0 Å². The van der Waals surface area contributed by atoms with Gasteiger partial charge in [-0.2, -0.15) is 0 Å². The van der Waals surface area contributed by atoms with Crippen LogP contribution in [0.2, 0.25) is 0 Å². The molecule has 0 nitrogen and oxygen atoms in total. The van der Waals surface area contributed by atoms with Crippen LogP contribution >= 0.6 is 0 Å². The standard InChI is InChI=1S/C24H42/c1-2-3-4-5-6-7-8-9-10-11-12-13-14-15-16-17-23-20-22-18-19-24(23)21-22/h20H,2-19,21H2,1H3. The van der Waals surface area contributed by atoms with E-state index in [-0.39, 0.29) is 0 Å². The van der Waals surface area contributed by atoms with Gasteiger partial charge in [-0.05, 0) is 37.7 Å². The van der Waals surface area contributed by atoms with Gasteiger partial charge in [-0.3, -0.25) is 0 Å². The van der Waals surface area contributed by atoms with Crippen LogP contribution in [-0.2, 0) is 0 Å². The molecule has 1 saturated carbocycles. The van der Waals surface area contributed by atoms with Crippen molar-refractivity contribution in [1.82, 2.24) is 0 Å². The lowest BCUT2D eigenvalue weighted by molar-refractivity contribution is 0.532. The maximum Gasteiger partial charge on any atom is -0.00992 e. The molecule has 138 valence electrons. The first-order valence-corrected chi connectivity index (χ1v) is 11.3. The van der Waals surface area contributed by atoms with Crippen molar-refractivity contribution in [1.29, 1.82) is 0 Å². The van der Waals surface area contributed by atoms with Gasteiger partial charge < -0.3 is 0 Å². The van der Waals surface area contributed by atoms with E-state index in [9.17, 15) is 0 Å². The second kappa shape index (κ2) is 12.8. The highest BCUT2D eigenvalue weighted by molar-refractivity contribution is 5.43. The molecule has 24 heavy (non-hydrogen) atoms. The van der Waals surface area contributed by atoms with E-state index in [1.165, 1.54) is 122 Å². The van der Waals surface area contributed by atoms with Gasteiger partial charge in [0.1, 0.15) is 0 Å². The largest absolute Gasteiger partial charge is 0.0656 e. The maximum atomic E-state index is 2.52. The molecule has 0 amide bonds. The molecule has 0 saturated heterocycles. The minimum absolute atomic E-state index is 1.34. The van der Waals surface area contributed by atoms with Crippen molar-refractivity contribution < 1.29 is 0 Å². The lowest BCUT2D eigenvalue weighted by Crippen LogP contribution is -1.87. The van der Waals surface area contributed by atoms with E-state index in [0.717, 1.165) is 0 Å². The van der Waals surface area contributed by atoms with Gasteiger partial charge in [0.05, 0.1) is 0 Å². The highest BCUT2D eigenvalue weighted by atomic mass is 14.3. The minimum Gasteiger partial charge on any atom is -0.0656 e. The van der Waals surface area contributed by atoms with E-state index in [4.69, 9.17) is 0 Å². The van der Waals surface area contributed by atoms with Crippen molar-refractivity contribution >= 4 is 0 Å². The Bertz CT molecular complexity index is 385. The molecule has 0 aromatic rings. The Kier molecular flexibility index (Phi) is 10.5. The number of hydrogen-bond acceptors (Lipinski definition) is 0. The Balaban J connectivity index is 1.27. The van der Waals surface area contributed by atoms with Gasteiger partial charge in [0, 0.05) is 0 Å². The van der Waals surface area contributed by atoms with Gasteiger partial charge in [0.2, 0.25) is 0 Å². The lowest BCUT2D eigenvalue weighted by atomic mass is 9.99. The average molecular weight is 331 g/mol. The Morgan fingerprint density at radius 2 is 1.12 bits per heavy atom. The van der Waals surface area contributed by atoms with E-state index in [0.29, 0.717) is 0 Å². The van der Waals surface area contributed by atoms with Gasteiger partial charge in [0.15, 0.2) is 0 Å². The van der Waals surface area contributed by atoms with E-state index in [1.54, 1.807) is 16.7 Å². The Labute approximate surface area is 152 Å². The molecular formula is C24H42. The van der Waals surface area contributed by atoms with Gasteiger partial charge in [0.25, 0.3) is 0 Å². The fourth-order valence-corrected chi connectivity index (χ4v) is 4.44. The molecule has 2 aliphatic carbocycles. The van der Waals surface area contributed by atoms with Crippen molar-refractivity contribution in [3.8, 4) is 0 Å². The molecule has 1 fully saturated rings. The molecule has 0 aliphatic heterocycles. The smallest absolute Gasteiger partial charge is 0.00992 e. The van der Waals surface area contributed by atoms with Crippen LogP contribution in [0.1, 0.15) is 129 Å². The number of fused-ring (bicyclic) bond motifs is 2. The van der Waals surface area contributed by atoms with Crippen molar-refractivity contribution in [3.63, 3.8) is 0 Å². The highest BCUT2D eigenvalue weighted by Gasteiger charge is 2.21. The fourth-order valence-electron chi connectivity index (χ4n) is 4.44. The number of rotatable bonds is 16. The third-order valence-corrected chi connectivity index (χ3v) is 6.07. The van der Waals surface area contributed by atoms with Crippen LogP contribution in [0.4, 0.5) is 0 Å². The summed E-state index contributed by atoms with van der Waals surface area (Å²) in [6.07, 6.45) is 30.0. The van der Waals surface area contributed by atoms with Gasteiger partial charge in [-0.1, -0.05) is 114 Å². The van der Waals surface area contributed by atoms with E-state index in [1.807, 2.05) is 0 Å². The van der Waals surface area contributed by atoms with Crippen molar-refractivity contribution in [3.05, 3.63) is 22.8 Å². The van der Waals surface area contributed by atoms with Crippen LogP contribution in [0, 0.1) is 0 Å². The van der Waals surface area contributed by atoms with Crippen LogP contribution < -0.4 is 0 Å². The van der Waals surface area contributed by atoms with Crippen LogP contribution in [0.5, 0.6) is 0 Å². The molecule has 2 bridgehead atoms. The average Bonchev–Trinajstić information content (AvgIpc) is 3.21. The Morgan fingerprint density at radius 3 is 1.54 bits per heavy atom. The molecule has 0 radical (unpaired) electrons. The summed E-state index contributed by atoms with van der Waals surface area (Å²) >= 11 is 0. The lowest BCUT2D eigenvalue weighted by Gasteiger charge is -2.07. The summed E-state index contributed by atoms with van der Waals surface area (Å²) in [5.74, 6) is 0. The second-order valence-electron chi connectivity index (χ2n) is 8.31. The Morgan fingerprint density at radius 1 is 0.625 bits per heavy atom. The van der Waals surface area contributed by atoms with Gasteiger partial charge in [-0.15, -0.1) is 0 Å². The molecule has 0 aromatic heterocycles. The summed E-state index contributed by atoms with van der Waals surface area (Å²) in [4.78, 5) is 0. The maximum absolute atomic E-state index is 2.52. The van der Waals surface area contributed by atoms with Gasteiger partial charge >= 0.3 is 0 Å². The van der Waals surface area contributed by atoms with E-state index < -0.39 is 0 Å². The summed E-state index contributed by atoms with van der Waals surface area (Å²) in [7, 11) is 0. The van der Waals surface area contributed by atoms with Crippen LogP contribution in [0.3, 0.4) is 0 Å². The molecule has 2 aliphatic rings. The zero-order chi connectivity index (χ0) is 16.9.